The molecule has 1 aromatic rings. The summed E-state index contributed by atoms with van der Waals surface area (Å²) in [5, 5.41) is 2.92. The van der Waals surface area contributed by atoms with Crippen LogP contribution in [0.4, 0.5) is 0 Å². The first-order valence-electron chi connectivity index (χ1n) is 4.78. The van der Waals surface area contributed by atoms with Crippen molar-refractivity contribution < 1.29 is 4.79 Å². The molecule has 76 valence electrons. The topological polar surface area (TPSA) is 42.0 Å². The van der Waals surface area contributed by atoms with Gasteiger partial charge < -0.3 is 5.32 Å². The van der Waals surface area contributed by atoms with E-state index in [-0.39, 0.29) is 11.9 Å². The Kier molecular flexibility index (Phi) is 3.63. The molecule has 0 aliphatic carbocycles. The first kappa shape index (κ1) is 10.7. The molecule has 0 aliphatic heterocycles. The minimum atomic E-state index is -0.00690. The van der Waals surface area contributed by atoms with Crippen molar-refractivity contribution in [2.45, 2.75) is 26.8 Å². The zero-order valence-electron chi connectivity index (χ0n) is 8.82. The number of amides is 1. The molecule has 0 spiro atoms. The van der Waals surface area contributed by atoms with Gasteiger partial charge in [0.1, 0.15) is 0 Å². The largest absolute Gasteiger partial charge is 0.349 e. The Hall–Kier alpha value is -1.38. The Morgan fingerprint density at radius 2 is 2.21 bits per heavy atom. The van der Waals surface area contributed by atoms with E-state index >= 15 is 0 Å². The molecule has 1 rings (SSSR count). The van der Waals surface area contributed by atoms with E-state index in [1.165, 1.54) is 6.92 Å². The molecule has 1 atom stereocenters. The van der Waals surface area contributed by atoms with Gasteiger partial charge in [0.25, 0.3) is 0 Å². The number of carbonyl (C=O) groups excluding carboxylic acids is 1. The summed E-state index contributed by atoms with van der Waals surface area (Å²) in [4.78, 5) is 15.0. The Bertz CT molecular complexity index is 295. The number of aromatic nitrogens is 1. The van der Waals surface area contributed by atoms with E-state index < -0.39 is 0 Å². The lowest BCUT2D eigenvalue weighted by molar-refractivity contribution is -0.120. The zero-order chi connectivity index (χ0) is 10.6. The van der Waals surface area contributed by atoms with Crippen LogP contribution >= 0.6 is 0 Å². The van der Waals surface area contributed by atoms with Crippen LogP contribution in [0.2, 0.25) is 0 Å². The van der Waals surface area contributed by atoms with Crippen LogP contribution in [0.15, 0.2) is 24.5 Å². The van der Waals surface area contributed by atoms with Crippen LogP contribution in [0.5, 0.6) is 0 Å². The van der Waals surface area contributed by atoms with Crippen molar-refractivity contribution >= 4 is 5.91 Å². The molecule has 0 aliphatic rings. The van der Waals surface area contributed by atoms with Crippen LogP contribution in [-0.2, 0) is 4.79 Å². The standard InChI is InChI=1S/C11H16N2O/c1-8(2)11(13-9(3)14)10-5-4-6-12-7-10/h4-8,11H,1-3H3,(H,13,14)/t11-/m1/s1. The van der Waals surface area contributed by atoms with Gasteiger partial charge in [-0.1, -0.05) is 19.9 Å². The zero-order valence-corrected chi connectivity index (χ0v) is 8.82. The summed E-state index contributed by atoms with van der Waals surface area (Å²) in [6.07, 6.45) is 3.52. The lowest BCUT2D eigenvalue weighted by Crippen LogP contribution is -2.29. The summed E-state index contributed by atoms with van der Waals surface area (Å²) < 4.78 is 0. The average molecular weight is 192 g/mol. The van der Waals surface area contributed by atoms with E-state index in [9.17, 15) is 4.79 Å². The fourth-order valence-electron chi connectivity index (χ4n) is 1.41. The number of nitrogens with zero attached hydrogens (tertiary/aromatic N) is 1. The maximum absolute atomic E-state index is 11.0. The molecule has 14 heavy (non-hydrogen) atoms. The third kappa shape index (κ3) is 2.83. The quantitative estimate of drug-likeness (QED) is 0.795. The Morgan fingerprint density at radius 3 is 2.64 bits per heavy atom. The second-order valence-corrected chi connectivity index (χ2v) is 3.71. The third-order valence-electron chi connectivity index (χ3n) is 2.07. The van der Waals surface area contributed by atoms with E-state index in [0.29, 0.717) is 5.92 Å². The van der Waals surface area contributed by atoms with Gasteiger partial charge in [-0.2, -0.15) is 0 Å². The Morgan fingerprint density at radius 1 is 1.50 bits per heavy atom. The van der Waals surface area contributed by atoms with Crippen molar-refractivity contribution in [2.75, 3.05) is 0 Å². The van der Waals surface area contributed by atoms with Gasteiger partial charge in [0, 0.05) is 19.3 Å². The summed E-state index contributed by atoms with van der Waals surface area (Å²) in [7, 11) is 0. The third-order valence-corrected chi connectivity index (χ3v) is 2.07. The lowest BCUT2D eigenvalue weighted by atomic mass is 9.97. The van der Waals surface area contributed by atoms with Gasteiger partial charge in [-0.15, -0.1) is 0 Å². The minimum absolute atomic E-state index is 0.00690. The molecule has 1 aromatic heterocycles. The van der Waals surface area contributed by atoms with Crippen LogP contribution in [0.3, 0.4) is 0 Å². The van der Waals surface area contributed by atoms with Crippen molar-refractivity contribution in [1.82, 2.24) is 10.3 Å². The smallest absolute Gasteiger partial charge is 0.217 e. The van der Waals surface area contributed by atoms with Crippen molar-refractivity contribution in [3.8, 4) is 0 Å². The number of hydrogen-bond acceptors (Lipinski definition) is 2. The molecule has 0 fully saturated rings. The number of carbonyl (C=O) groups is 1. The first-order valence-corrected chi connectivity index (χ1v) is 4.78. The van der Waals surface area contributed by atoms with E-state index in [1.807, 2.05) is 12.1 Å². The predicted octanol–water partition coefficient (Wildman–Crippen LogP) is 1.91. The molecule has 0 saturated carbocycles. The summed E-state index contributed by atoms with van der Waals surface area (Å²) >= 11 is 0. The van der Waals surface area contributed by atoms with Gasteiger partial charge in [0.2, 0.25) is 5.91 Å². The van der Waals surface area contributed by atoms with Crippen LogP contribution in [0, 0.1) is 5.92 Å². The van der Waals surface area contributed by atoms with Gasteiger partial charge in [-0.05, 0) is 17.5 Å². The maximum atomic E-state index is 11.0. The molecule has 0 aromatic carbocycles. The molecule has 0 unspecified atom stereocenters. The second-order valence-electron chi connectivity index (χ2n) is 3.71. The molecule has 0 saturated heterocycles. The maximum Gasteiger partial charge on any atom is 0.217 e. The fraction of sp³-hybridized carbons (Fsp3) is 0.455. The van der Waals surface area contributed by atoms with Crippen molar-refractivity contribution in [1.29, 1.82) is 0 Å². The molecule has 1 heterocycles. The highest BCUT2D eigenvalue weighted by Crippen LogP contribution is 2.20. The summed E-state index contributed by atoms with van der Waals surface area (Å²) in [6.45, 7) is 5.69. The van der Waals surface area contributed by atoms with Gasteiger partial charge in [-0.3, -0.25) is 9.78 Å². The minimum Gasteiger partial charge on any atom is -0.349 e. The van der Waals surface area contributed by atoms with E-state index in [0.717, 1.165) is 5.56 Å². The lowest BCUT2D eigenvalue weighted by Gasteiger charge is -2.21. The highest BCUT2D eigenvalue weighted by molar-refractivity contribution is 5.73. The van der Waals surface area contributed by atoms with Gasteiger partial charge in [0.05, 0.1) is 6.04 Å². The van der Waals surface area contributed by atoms with Crippen LogP contribution in [0.1, 0.15) is 32.4 Å². The number of pyridine rings is 1. The molecule has 1 amide bonds. The number of rotatable bonds is 3. The van der Waals surface area contributed by atoms with Gasteiger partial charge in [0.15, 0.2) is 0 Å². The molecular weight excluding hydrogens is 176 g/mol. The Balaban J connectivity index is 2.83. The number of nitrogens with one attached hydrogen (secondary N) is 1. The predicted molar refractivity (Wildman–Crippen MR) is 55.6 cm³/mol. The summed E-state index contributed by atoms with van der Waals surface area (Å²) in [5.41, 5.74) is 1.05. The molecule has 0 bridgehead atoms. The molecule has 3 heteroatoms. The van der Waals surface area contributed by atoms with E-state index in [2.05, 4.69) is 24.1 Å². The summed E-state index contributed by atoms with van der Waals surface area (Å²) in [6, 6.07) is 3.92. The Labute approximate surface area is 84.6 Å². The van der Waals surface area contributed by atoms with Crippen molar-refractivity contribution in [2.24, 2.45) is 5.92 Å². The molecule has 1 N–H and O–H groups in total. The average Bonchev–Trinajstić information content (AvgIpc) is 2.15. The van der Waals surface area contributed by atoms with Crippen molar-refractivity contribution in [3.05, 3.63) is 30.1 Å². The highest BCUT2D eigenvalue weighted by Gasteiger charge is 2.16. The van der Waals surface area contributed by atoms with Crippen LogP contribution in [0.25, 0.3) is 0 Å². The molecular formula is C11H16N2O. The fourth-order valence-corrected chi connectivity index (χ4v) is 1.41. The van der Waals surface area contributed by atoms with Gasteiger partial charge >= 0.3 is 0 Å². The van der Waals surface area contributed by atoms with Crippen molar-refractivity contribution in [3.63, 3.8) is 0 Å². The van der Waals surface area contributed by atoms with Gasteiger partial charge in [-0.25, -0.2) is 0 Å². The monoisotopic (exact) mass is 192 g/mol. The highest BCUT2D eigenvalue weighted by atomic mass is 16.1. The SMILES string of the molecule is CC(=O)N[C@@H](c1cccnc1)C(C)C. The normalized spacial score (nSPS) is 12.6. The van der Waals surface area contributed by atoms with E-state index in [1.54, 1.807) is 12.4 Å². The second kappa shape index (κ2) is 4.74. The van der Waals surface area contributed by atoms with Crippen LogP contribution < -0.4 is 5.32 Å². The number of hydrogen-bond donors (Lipinski definition) is 1. The molecule has 3 nitrogen and oxygen atoms in total. The summed E-state index contributed by atoms with van der Waals surface area (Å²) in [5.74, 6) is 0.357. The van der Waals surface area contributed by atoms with E-state index in [4.69, 9.17) is 0 Å². The molecule has 0 radical (unpaired) electrons. The van der Waals surface area contributed by atoms with Crippen LogP contribution in [-0.4, -0.2) is 10.9 Å². The first-order chi connectivity index (χ1) is 6.61.